The normalized spacial score (nSPS) is 9.00. The minimum Gasteiger partial charge on any atom is -0.297 e. The summed E-state index contributed by atoms with van der Waals surface area (Å²) >= 11 is 4.45. The molecule has 5 nitrogen and oxygen atoms in total. The van der Waals surface area contributed by atoms with Crippen molar-refractivity contribution in [2.45, 2.75) is 4.90 Å². The van der Waals surface area contributed by atoms with Crippen molar-refractivity contribution in [3.63, 3.8) is 0 Å². The molecule has 0 aromatic carbocycles. The van der Waals surface area contributed by atoms with E-state index in [-0.39, 0.29) is 5.69 Å². The number of rotatable bonds is 2. The maximum atomic E-state index is 11.0. The molecule has 0 bridgehead atoms. The highest BCUT2D eigenvalue weighted by atomic mass is 32.2. The SMILES string of the molecule is N#CSc1cn[nH]c1C(=O)NS. The number of nitrogens with one attached hydrogen (secondary N) is 2. The molecule has 0 spiro atoms. The minimum atomic E-state index is -0.409. The molecular formula is C5H4N4OS2. The Kier molecular flexibility index (Phi) is 3.01. The highest BCUT2D eigenvalue weighted by Crippen LogP contribution is 2.18. The van der Waals surface area contributed by atoms with Crippen LogP contribution in [0.2, 0.25) is 0 Å². The van der Waals surface area contributed by atoms with Gasteiger partial charge < -0.3 is 0 Å². The first-order valence-corrected chi connectivity index (χ1v) is 4.09. The summed E-state index contributed by atoms with van der Waals surface area (Å²) in [6, 6.07) is 0. The van der Waals surface area contributed by atoms with Gasteiger partial charge in [0.25, 0.3) is 5.91 Å². The van der Waals surface area contributed by atoms with Crippen molar-refractivity contribution in [1.82, 2.24) is 14.9 Å². The average molecular weight is 200 g/mol. The number of carbonyl (C=O) groups excluding carboxylic acids is 1. The van der Waals surface area contributed by atoms with Crippen molar-refractivity contribution in [1.29, 1.82) is 5.26 Å². The summed E-state index contributed by atoms with van der Waals surface area (Å²) in [6.45, 7) is 0. The third-order valence-corrected chi connectivity index (χ3v) is 1.91. The highest BCUT2D eigenvalue weighted by Gasteiger charge is 2.12. The van der Waals surface area contributed by atoms with Gasteiger partial charge in [0.2, 0.25) is 0 Å². The van der Waals surface area contributed by atoms with Gasteiger partial charge in [-0.15, -0.1) is 0 Å². The molecule has 1 aromatic heterocycles. The topological polar surface area (TPSA) is 81.6 Å². The van der Waals surface area contributed by atoms with Gasteiger partial charge in [0.1, 0.15) is 11.1 Å². The molecule has 0 unspecified atom stereocenters. The average Bonchev–Trinajstić information content (AvgIpc) is 2.52. The van der Waals surface area contributed by atoms with E-state index in [1.807, 2.05) is 5.40 Å². The second kappa shape index (κ2) is 4.04. The van der Waals surface area contributed by atoms with Crippen LogP contribution < -0.4 is 4.72 Å². The van der Waals surface area contributed by atoms with Crippen LogP contribution in [0, 0.1) is 10.7 Å². The van der Waals surface area contributed by atoms with Crippen LogP contribution in [0.3, 0.4) is 0 Å². The molecule has 0 fully saturated rings. The minimum absolute atomic E-state index is 0.247. The largest absolute Gasteiger partial charge is 0.297 e. The molecule has 0 aliphatic rings. The van der Waals surface area contributed by atoms with Crippen molar-refractivity contribution in [3.8, 4) is 5.40 Å². The van der Waals surface area contributed by atoms with Gasteiger partial charge in [0.15, 0.2) is 0 Å². The number of H-pyrrole nitrogens is 1. The summed E-state index contributed by atoms with van der Waals surface area (Å²) in [7, 11) is 0. The summed E-state index contributed by atoms with van der Waals surface area (Å²) in [6.07, 6.45) is 1.41. The van der Waals surface area contributed by atoms with E-state index in [1.54, 1.807) is 0 Å². The van der Waals surface area contributed by atoms with E-state index >= 15 is 0 Å². The summed E-state index contributed by atoms with van der Waals surface area (Å²) < 4.78 is 2.13. The molecule has 62 valence electrons. The molecule has 0 aliphatic heterocycles. The molecule has 1 aromatic rings. The molecule has 1 rings (SSSR count). The summed E-state index contributed by atoms with van der Waals surface area (Å²) in [4.78, 5) is 11.5. The summed E-state index contributed by atoms with van der Waals surface area (Å²) in [5.41, 5.74) is 0.247. The Hall–Kier alpha value is -1.13. The van der Waals surface area contributed by atoms with Crippen molar-refractivity contribution >= 4 is 30.5 Å². The quantitative estimate of drug-likeness (QED) is 0.370. The number of nitrogens with zero attached hydrogens (tertiary/aromatic N) is 2. The van der Waals surface area contributed by atoms with E-state index in [4.69, 9.17) is 5.26 Å². The van der Waals surface area contributed by atoms with Gasteiger partial charge in [-0.05, 0) is 11.8 Å². The van der Waals surface area contributed by atoms with Gasteiger partial charge in [0.05, 0.1) is 11.1 Å². The van der Waals surface area contributed by atoms with Gasteiger partial charge in [-0.25, -0.2) is 0 Å². The number of hydrogen-bond donors (Lipinski definition) is 3. The van der Waals surface area contributed by atoms with E-state index < -0.39 is 5.91 Å². The Morgan fingerprint density at radius 3 is 3.25 bits per heavy atom. The Morgan fingerprint density at radius 1 is 1.92 bits per heavy atom. The third-order valence-electron chi connectivity index (χ3n) is 1.09. The zero-order valence-corrected chi connectivity index (χ0v) is 7.45. The summed E-state index contributed by atoms with van der Waals surface area (Å²) in [5.74, 6) is -0.409. The van der Waals surface area contributed by atoms with Crippen molar-refractivity contribution < 1.29 is 4.79 Å². The van der Waals surface area contributed by atoms with E-state index in [0.29, 0.717) is 4.90 Å². The third kappa shape index (κ3) is 1.72. The maximum Gasteiger partial charge on any atom is 0.280 e. The van der Waals surface area contributed by atoms with Gasteiger partial charge in [-0.3, -0.25) is 14.6 Å². The highest BCUT2D eigenvalue weighted by molar-refractivity contribution is 8.03. The van der Waals surface area contributed by atoms with Crippen LogP contribution in [0.1, 0.15) is 10.5 Å². The number of thioether (sulfide) groups is 1. The fourth-order valence-electron chi connectivity index (χ4n) is 0.620. The fourth-order valence-corrected chi connectivity index (χ4v) is 1.18. The zero-order valence-electron chi connectivity index (χ0n) is 5.74. The molecule has 1 amide bonds. The Bertz CT molecular complexity index is 328. The van der Waals surface area contributed by atoms with Gasteiger partial charge >= 0.3 is 0 Å². The molecule has 0 radical (unpaired) electrons. The molecule has 12 heavy (non-hydrogen) atoms. The summed E-state index contributed by atoms with van der Waals surface area (Å²) in [5, 5.41) is 16.3. The Balaban J connectivity index is 2.92. The smallest absolute Gasteiger partial charge is 0.280 e. The first-order chi connectivity index (χ1) is 5.79. The zero-order chi connectivity index (χ0) is 8.97. The van der Waals surface area contributed by atoms with Crippen LogP contribution in [0.5, 0.6) is 0 Å². The van der Waals surface area contributed by atoms with Crippen molar-refractivity contribution in [2.24, 2.45) is 0 Å². The van der Waals surface area contributed by atoms with Crippen LogP contribution >= 0.6 is 24.6 Å². The second-order valence-electron chi connectivity index (χ2n) is 1.74. The Labute approximate surface area is 78.1 Å². The number of aromatic amines is 1. The maximum absolute atomic E-state index is 11.0. The molecule has 2 N–H and O–H groups in total. The predicted octanol–water partition coefficient (Wildman–Crippen LogP) is 0.557. The van der Waals surface area contributed by atoms with Crippen LogP contribution in [0.25, 0.3) is 0 Å². The lowest BCUT2D eigenvalue weighted by Crippen LogP contribution is -2.13. The Morgan fingerprint density at radius 2 is 2.67 bits per heavy atom. The molecule has 7 heteroatoms. The lowest BCUT2D eigenvalue weighted by molar-refractivity contribution is 0.0977. The van der Waals surface area contributed by atoms with E-state index in [2.05, 4.69) is 27.7 Å². The first kappa shape index (κ1) is 8.96. The fraction of sp³-hybridized carbons (Fsp3) is 0. The van der Waals surface area contributed by atoms with Crippen molar-refractivity contribution in [3.05, 3.63) is 11.9 Å². The lowest BCUT2D eigenvalue weighted by Gasteiger charge is -1.94. The monoisotopic (exact) mass is 200 g/mol. The van der Waals surface area contributed by atoms with E-state index in [9.17, 15) is 4.79 Å². The van der Waals surface area contributed by atoms with Crippen LogP contribution in [0.4, 0.5) is 0 Å². The van der Waals surface area contributed by atoms with Crippen LogP contribution in [-0.2, 0) is 0 Å². The molecule has 0 saturated heterocycles. The first-order valence-electron chi connectivity index (χ1n) is 2.83. The standard InChI is InChI=1S/C5H4N4OS2/c6-2-12-3-1-7-8-4(3)5(10)9-11/h1,11H,(H,7,8)(H,9,10). The molecular weight excluding hydrogens is 196 g/mol. The predicted molar refractivity (Wildman–Crippen MR) is 46.5 cm³/mol. The lowest BCUT2D eigenvalue weighted by atomic mass is 10.4. The molecule has 0 aliphatic carbocycles. The number of hydrogen-bond acceptors (Lipinski definition) is 5. The van der Waals surface area contributed by atoms with Gasteiger partial charge in [-0.2, -0.15) is 10.4 Å². The number of carbonyl (C=O) groups is 1. The number of thiol groups is 1. The van der Waals surface area contributed by atoms with E-state index in [0.717, 1.165) is 11.8 Å². The number of amides is 1. The van der Waals surface area contributed by atoms with Gasteiger partial charge in [0, 0.05) is 0 Å². The number of aromatic nitrogens is 2. The number of thiocyanates is 1. The second-order valence-corrected chi connectivity index (χ2v) is 2.79. The van der Waals surface area contributed by atoms with E-state index in [1.165, 1.54) is 6.20 Å². The molecule has 1 heterocycles. The van der Waals surface area contributed by atoms with Crippen LogP contribution in [-0.4, -0.2) is 16.1 Å². The molecule has 0 atom stereocenters. The van der Waals surface area contributed by atoms with Crippen molar-refractivity contribution in [2.75, 3.05) is 0 Å². The van der Waals surface area contributed by atoms with Gasteiger partial charge in [-0.1, -0.05) is 12.8 Å². The molecule has 0 saturated carbocycles. The number of nitriles is 1. The van der Waals surface area contributed by atoms with Crippen LogP contribution in [0.15, 0.2) is 11.1 Å².